The molecule has 2 N–H and O–H groups in total. The Morgan fingerprint density at radius 2 is 2.24 bits per heavy atom. The number of aromatic nitrogens is 1. The minimum absolute atomic E-state index is 0.114. The number of ether oxygens (including phenoxy) is 1. The van der Waals surface area contributed by atoms with Crippen molar-refractivity contribution < 1.29 is 14.6 Å². The van der Waals surface area contributed by atoms with Gasteiger partial charge in [0.2, 0.25) is 0 Å². The summed E-state index contributed by atoms with van der Waals surface area (Å²) in [5, 5.41) is 13.6. The Morgan fingerprint density at radius 1 is 1.52 bits per heavy atom. The van der Waals surface area contributed by atoms with Crippen molar-refractivity contribution in [2.24, 2.45) is 0 Å². The van der Waals surface area contributed by atoms with Crippen LogP contribution in [-0.4, -0.2) is 59.8 Å². The fourth-order valence-electron chi connectivity index (χ4n) is 2.48. The van der Waals surface area contributed by atoms with E-state index in [4.69, 9.17) is 4.74 Å². The van der Waals surface area contributed by atoms with Crippen LogP contribution in [0, 0.1) is 0 Å². The molecule has 0 unspecified atom stereocenters. The van der Waals surface area contributed by atoms with Gasteiger partial charge in [0.05, 0.1) is 5.60 Å². The number of carbonyl (C=O) groups is 1. The number of aliphatic hydroxyl groups is 1. The Morgan fingerprint density at radius 3 is 2.90 bits per heavy atom. The summed E-state index contributed by atoms with van der Waals surface area (Å²) >= 11 is 0. The van der Waals surface area contributed by atoms with Crippen molar-refractivity contribution in [3.63, 3.8) is 0 Å². The number of rotatable bonds is 5. The van der Waals surface area contributed by atoms with Gasteiger partial charge in [0.1, 0.15) is 5.82 Å². The molecule has 1 aliphatic heterocycles. The van der Waals surface area contributed by atoms with Crippen molar-refractivity contribution in [1.29, 1.82) is 0 Å². The predicted octanol–water partition coefficient (Wildman–Crippen LogP) is 1.13. The van der Waals surface area contributed by atoms with Crippen molar-refractivity contribution in [2.75, 3.05) is 38.7 Å². The van der Waals surface area contributed by atoms with E-state index < -0.39 is 5.60 Å². The fraction of sp³-hybridized carbons (Fsp3) is 0.600. The van der Waals surface area contributed by atoms with Gasteiger partial charge < -0.3 is 20.1 Å². The summed E-state index contributed by atoms with van der Waals surface area (Å²) in [5.41, 5.74) is -0.278. The average Bonchev–Trinajstić information content (AvgIpc) is 2.47. The highest BCUT2D eigenvalue weighted by Crippen LogP contribution is 2.22. The number of nitrogens with zero attached hydrogens (tertiary/aromatic N) is 2. The Balaban J connectivity index is 2.03. The third-order valence-electron chi connectivity index (χ3n) is 3.67. The third-order valence-corrected chi connectivity index (χ3v) is 3.67. The van der Waals surface area contributed by atoms with Crippen LogP contribution in [-0.2, 0) is 4.74 Å². The molecular formula is C15H23N3O3. The molecule has 0 spiro atoms. The van der Waals surface area contributed by atoms with Crippen LogP contribution in [0.3, 0.4) is 0 Å². The van der Waals surface area contributed by atoms with E-state index >= 15 is 0 Å². The molecule has 1 saturated heterocycles. The van der Waals surface area contributed by atoms with Crippen molar-refractivity contribution in [1.82, 2.24) is 9.88 Å². The highest BCUT2D eigenvalue weighted by molar-refractivity contribution is 5.94. The Bertz CT molecular complexity index is 487. The second kappa shape index (κ2) is 6.87. The fourth-order valence-corrected chi connectivity index (χ4v) is 2.48. The minimum Gasteiger partial charge on any atom is -0.388 e. The van der Waals surface area contributed by atoms with Crippen molar-refractivity contribution in [2.45, 2.75) is 25.4 Å². The molecule has 6 nitrogen and oxygen atoms in total. The van der Waals surface area contributed by atoms with Gasteiger partial charge in [0, 0.05) is 58.0 Å². The number of hydrogen-bond acceptors (Lipinski definition) is 5. The molecule has 2 heterocycles. The van der Waals surface area contributed by atoms with Crippen LogP contribution in [0.4, 0.5) is 5.82 Å². The third kappa shape index (κ3) is 4.15. The quantitative estimate of drug-likeness (QED) is 0.851. The van der Waals surface area contributed by atoms with E-state index in [1.807, 2.05) is 6.92 Å². The van der Waals surface area contributed by atoms with E-state index in [1.165, 1.54) is 0 Å². The van der Waals surface area contributed by atoms with Crippen LogP contribution in [0.15, 0.2) is 18.3 Å². The Kier molecular flexibility index (Phi) is 5.14. The number of amides is 1. The van der Waals surface area contributed by atoms with Gasteiger partial charge in [-0.15, -0.1) is 0 Å². The summed E-state index contributed by atoms with van der Waals surface area (Å²) in [4.78, 5) is 18.2. The van der Waals surface area contributed by atoms with Crippen molar-refractivity contribution in [3.8, 4) is 0 Å². The first-order chi connectivity index (χ1) is 10.0. The zero-order valence-corrected chi connectivity index (χ0v) is 12.6. The molecule has 21 heavy (non-hydrogen) atoms. The highest BCUT2D eigenvalue weighted by atomic mass is 16.5. The van der Waals surface area contributed by atoms with Crippen LogP contribution in [0.1, 0.15) is 30.1 Å². The minimum atomic E-state index is -0.847. The molecule has 0 aromatic carbocycles. The molecule has 0 saturated carbocycles. The van der Waals surface area contributed by atoms with E-state index in [9.17, 15) is 9.90 Å². The molecule has 1 aliphatic rings. The van der Waals surface area contributed by atoms with Gasteiger partial charge in [-0.1, -0.05) is 0 Å². The predicted molar refractivity (Wildman–Crippen MR) is 80.4 cm³/mol. The zero-order chi connectivity index (χ0) is 15.3. The summed E-state index contributed by atoms with van der Waals surface area (Å²) in [6.07, 6.45) is 2.73. The number of anilines is 1. The van der Waals surface area contributed by atoms with E-state index in [0.717, 1.165) is 6.54 Å². The molecule has 116 valence electrons. The monoisotopic (exact) mass is 293 g/mol. The van der Waals surface area contributed by atoms with Gasteiger partial charge in [-0.05, 0) is 19.1 Å². The van der Waals surface area contributed by atoms with Gasteiger partial charge in [-0.2, -0.15) is 0 Å². The van der Waals surface area contributed by atoms with Gasteiger partial charge in [-0.25, -0.2) is 4.98 Å². The normalized spacial score (nSPS) is 17.3. The summed E-state index contributed by atoms with van der Waals surface area (Å²) in [5.74, 6) is 0.568. The molecule has 1 fully saturated rings. The molecule has 0 radical (unpaired) electrons. The van der Waals surface area contributed by atoms with E-state index in [0.29, 0.717) is 44.0 Å². The molecular weight excluding hydrogens is 270 g/mol. The first-order valence-electron chi connectivity index (χ1n) is 7.29. The summed E-state index contributed by atoms with van der Waals surface area (Å²) in [6, 6.07) is 3.42. The van der Waals surface area contributed by atoms with Gasteiger partial charge in [-0.3, -0.25) is 4.79 Å². The van der Waals surface area contributed by atoms with Crippen molar-refractivity contribution >= 4 is 11.7 Å². The molecule has 0 aliphatic carbocycles. The standard InChI is InChI=1S/C15H23N3O3/c1-3-16-13-10-12(4-7-17-13)14(19)18(2)11-15(20)5-8-21-9-6-15/h4,7,10,20H,3,5-6,8-9,11H2,1-2H3,(H,16,17). The largest absolute Gasteiger partial charge is 0.388 e. The maximum atomic E-state index is 12.4. The second-order valence-electron chi connectivity index (χ2n) is 5.46. The SMILES string of the molecule is CCNc1cc(C(=O)N(C)CC2(O)CCOCC2)ccn1. The first-order valence-corrected chi connectivity index (χ1v) is 7.29. The van der Waals surface area contributed by atoms with Gasteiger partial charge in [0.15, 0.2) is 0 Å². The molecule has 0 bridgehead atoms. The first kappa shape index (κ1) is 15.7. The van der Waals surface area contributed by atoms with Crippen molar-refractivity contribution in [3.05, 3.63) is 23.9 Å². The summed E-state index contributed by atoms with van der Waals surface area (Å²) in [6.45, 7) is 4.12. The summed E-state index contributed by atoms with van der Waals surface area (Å²) < 4.78 is 5.25. The molecule has 0 atom stereocenters. The Labute approximate surface area is 125 Å². The van der Waals surface area contributed by atoms with Crippen LogP contribution in [0.5, 0.6) is 0 Å². The van der Waals surface area contributed by atoms with E-state index in [2.05, 4.69) is 10.3 Å². The van der Waals surface area contributed by atoms with Gasteiger partial charge in [0.25, 0.3) is 5.91 Å². The topological polar surface area (TPSA) is 74.7 Å². The van der Waals surface area contributed by atoms with E-state index in [1.54, 1.807) is 30.3 Å². The van der Waals surface area contributed by atoms with Gasteiger partial charge >= 0.3 is 0 Å². The number of likely N-dealkylation sites (N-methyl/N-ethyl adjacent to an activating group) is 1. The second-order valence-corrected chi connectivity index (χ2v) is 5.46. The lowest BCUT2D eigenvalue weighted by Crippen LogP contribution is -2.47. The zero-order valence-electron chi connectivity index (χ0n) is 12.6. The van der Waals surface area contributed by atoms with Crippen LogP contribution < -0.4 is 5.32 Å². The van der Waals surface area contributed by atoms with E-state index in [-0.39, 0.29) is 5.91 Å². The maximum Gasteiger partial charge on any atom is 0.253 e. The smallest absolute Gasteiger partial charge is 0.253 e. The highest BCUT2D eigenvalue weighted by Gasteiger charge is 2.32. The lowest BCUT2D eigenvalue weighted by Gasteiger charge is -2.35. The molecule has 1 aromatic rings. The lowest BCUT2D eigenvalue weighted by atomic mass is 9.94. The molecule has 2 rings (SSSR count). The number of pyridine rings is 1. The summed E-state index contributed by atoms with van der Waals surface area (Å²) in [7, 11) is 1.71. The maximum absolute atomic E-state index is 12.4. The molecule has 6 heteroatoms. The van der Waals surface area contributed by atoms with Crippen LogP contribution in [0.25, 0.3) is 0 Å². The number of hydrogen-bond donors (Lipinski definition) is 2. The van der Waals surface area contributed by atoms with Crippen LogP contribution in [0.2, 0.25) is 0 Å². The Hall–Kier alpha value is -1.66. The lowest BCUT2D eigenvalue weighted by molar-refractivity contribution is -0.0734. The average molecular weight is 293 g/mol. The van der Waals surface area contributed by atoms with Crippen LogP contribution >= 0.6 is 0 Å². The number of carbonyl (C=O) groups excluding carboxylic acids is 1. The number of nitrogens with one attached hydrogen (secondary N) is 1. The molecule has 1 aromatic heterocycles. The molecule has 1 amide bonds.